The van der Waals surface area contributed by atoms with Crippen LogP contribution >= 0.6 is 23.7 Å². The summed E-state index contributed by atoms with van der Waals surface area (Å²) in [5.41, 5.74) is 7.32. The third-order valence-corrected chi connectivity index (χ3v) is 5.96. The molecule has 3 nitrogen and oxygen atoms in total. The topological polar surface area (TPSA) is 55.1 Å². The Morgan fingerprint density at radius 3 is 2.67 bits per heavy atom. The minimum atomic E-state index is 0. The van der Waals surface area contributed by atoms with Crippen molar-refractivity contribution in [1.82, 2.24) is 5.32 Å². The highest BCUT2D eigenvalue weighted by atomic mass is 35.5. The molecule has 0 radical (unpaired) electrons. The summed E-state index contributed by atoms with van der Waals surface area (Å²) in [6, 6.07) is 2.76. The molecule has 0 saturated heterocycles. The molecule has 1 amide bonds. The summed E-state index contributed by atoms with van der Waals surface area (Å²) in [7, 11) is 0. The molecular weight excluding hydrogens is 304 g/mol. The summed E-state index contributed by atoms with van der Waals surface area (Å²) in [4.78, 5) is 13.4. The average Bonchev–Trinajstić information content (AvgIpc) is 2.88. The number of nitrogens with two attached hydrogens (primary N) is 1. The van der Waals surface area contributed by atoms with Gasteiger partial charge in [-0.1, -0.05) is 13.3 Å². The Bertz CT molecular complexity index is 476. The highest BCUT2D eigenvalue weighted by Crippen LogP contribution is 2.39. The summed E-state index contributed by atoms with van der Waals surface area (Å²) in [6.45, 7) is 2.10. The van der Waals surface area contributed by atoms with Crippen LogP contribution in [-0.2, 0) is 6.42 Å². The fraction of sp³-hybridized carbons (Fsp3) is 0.688. The van der Waals surface area contributed by atoms with Crippen molar-refractivity contribution >= 4 is 29.7 Å². The summed E-state index contributed by atoms with van der Waals surface area (Å²) >= 11 is 1.56. The zero-order valence-corrected chi connectivity index (χ0v) is 14.1. The summed E-state index contributed by atoms with van der Waals surface area (Å²) in [6.07, 6.45) is 6.82. The maximum absolute atomic E-state index is 12.5. The number of amides is 1. The molecule has 2 fully saturated rings. The lowest BCUT2D eigenvalue weighted by Gasteiger charge is -2.45. The second kappa shape index (κ2) is 7.12. The molecular formula is C16H25ClN2OS. The van der Waals surface area contributed by atoms with Crippen molar-refractivity contribution in [3.05, 3.63) is 21.9 Å². The quantitative estimate of drug-likeness (QED) is 0.893. The van der Waals surface area contributed by atoms with Gasteiger partial charge in [0.2, 0.25) is 0 Å². The number of carbonyl (C=O) groups excluding carboxylic acids is 1. The third kappa shape index (κ3) is 3.43. The molecule has 3 rings (SSSR count). The van der Waals surface area contributed by atoms with E-state index in [2.05, 4.69) is 18.3 Å². The lowest BCUT2D eigenvalue weighted by atomic mass is 9.67. The minimum absolute atomic E-state index is 0. The van der Waals surface area contributed by atoms with Gasteiger partial charge in [0.25, 0.3) is 5.91 Å². The SMILES string of the molecule is CCc1ccsc1C(=O)NC1C2CCCC1CC(N)C2.Cl. The number of carbonyl (C=O) groups is 1. The van der Waals surface area contributed by atoms with Crippen molar-refractivity contribution in [2.24, 2.45) is 17.6 Å². The number of halogens is 1. The Kier molecular flexibility index (Phi) is 5.69. The van der Waals surface area contributed by atoms with E-state index in [0.717, 1.165) is 24.1 Å². The van der Waals surface area contributed by atoms with Gasteiger partial charge in [-0.3, -0.25) is 4.79 Å². The fourth-order valence-corrected chi connectivity index (χ4v) is 4.95. The van der Waals surface area contributed by atoms with Gasteiger partial charge in [0, 0.05) is 12.1 Å². The molecule has 1 aromatic rings. The molecule has 21 heavy (non-hydrogen) atoms. The van der Waals surface area contributed by atoms with Crippen LogP contribution in [0.3, 0.4) is 0 Å². The highest BCUT2D eigenvalue weighted by Gasteiger charge is 2.40. The molecule has 0 aliphatic heterocycles. The molecule has 2 bridgehead atoms. The molecule has 2 saturated carbocycles. The molecule has 0 aromatic carbocycles. The van der Waals surface area contributed by atoms with Crippen LogP contribution in [0.4, 0.5) is 0 Å². The van der Waals surface area contributed by atoms with Crippen molar-refractivity contribution < 1.29 is 4.79 Å². The summed E-state index contributed by atoms with van der Waals surface area (Å²) < 4.78 is 0. The minimum Gasteiger partial charge on any atom is -0.348 e. The highest BCUT2D eigenvalue weighted by molar-refractivity contribution is 7.12. The van der Waals surface area contributed by atoms with E-state index in [0.29, 0.717) is 23.9 Å². The Hall–Kier alpha value is -0.580. The number of nitrogens with one attached hydrogen (secondary N) is 1. The van der Waals surface area contributed by atoms with E-state index in [9.17, 15) is 4.79 Å². The zero-order chi connectivity index (χ0) is 14.1. The number of fused-ring (bicyclic) bond motifs is 2. The van der Waals surface area contributed by atoms with Crippen molar-refractivity contribution in [1.29, 1.82) is 0 Å². The second-order valence-corrected chi connectivity index (χ2v) is 7.23. The van der Waals surface area contributed by atoms with Crippen LogP contribution in [0.2, 0.25) is 0 Å². The molecule has 1 heterocycles. The maximum Gasteiger partial charge on any atom is 0.261 e. The Labute approximate surface area is 137 Å². The number of hydrogen-bond donors (Lipinski definition) is 2. The summed E-state index contributed by atoms with van der Waals surface area (Å²) in [5, 5.41) is 5.35. The van der Waals surface area contributed by atoms with Gasteiger partial charge in [-0.2, -0.15) is 0 Å². The van der Waals surface area contributed by atoms with Gasteiger partial charge < -0.3 is 11.1 Å². The van der Waals surface area contributed by atoms with E-state index in [1.54, 1.807) is 11.3 Å². The predicted octanol–water partition coefficient (Wildman–Crippen LogP) is 3.37. The fourth-order valence-electron chi connectivity index (χ4n) is 4.06. The van der Waals surface area contributed by atoms with E-state index in [1.165, 1.54) is 24.8 Å². The smallest absolute Gasteiger partial charge is 0.261 e. The molecule has 5 heteroatoms. The van der Waals surface area contributed by atoms with Crippen LogP contribution in [0.1, 0.15) is 54.3 Å². The Morgan fingerprint density at radius 1 is 1.38 bits per heavy atom. The van der Waals surface area contributed by atoms with E-state index in [-0.39, 0.29) is 18.3 Å². The molecule has 2 atom stereocenters. The molecule has 3 N–H and O–H groups in total. The van der Waals surface area contributed by atoms with Gasteiger partial charge in [-0.25, -0.2) is 0 Å². The van der Waals surface area contributed by atoms with Crippen molar-refractivity contribution in [2.45, 2.75) is 57.5 Å². The van der Waals surface area contributed by atoms with E-state index < -0.39 is 0 Å². The zero-order valence-electron chi connectivity index (χ0n) is 12.5. The Balaban J connectivity index is 0.00000161. The second-order valence-electron chi connectivity index (χ2n) is 6.31. The first-order valence-corrected chi connectivity index (χ1v) is 8.69. The largest absolute Gasteiger partial charge is 0.348 e. The van der Waals surface area contributed by atoms with Crippen LogP contribution < -0.4 is 11.1 Å². The van der Waals surface area contributed by atoms with E-state index in [1.807, 2.05) is 5.38 Å². The van der Waals surface area contributed by atoms with Crippen molar-refractivity contribution in [3.63, 3.8) is 0 Å². The van der Waals surface area contributed by atoms with Crippen LogP contribution in [0.25, 0.3) is 0 Å². The van der Waals surface area contributed by atoms with Crippen molar-refractivity contribution in [3.8, 4) is 0 Å². The number of rotatable bonds is 3. The standard InChI is InChI=1S/C16H24N2OS.ClH/c1-2-10-6-7-20-15(10)16(19)18-14-11-4-3-5-12(14)9-13(17)8-11;/h6-7,11-14H,2-5,8-9,17H2,1H3,(H,18,19);1H. The van der Waals surface area contributed by atoms with Gasteiger partial charge >= 0.3 is 0 Å². The lowest BCUT2D eigenvalue weighted by Crippen LogP contribution is -2.53. The first-order valence-electron chi connectivity index (χ1n) is 7.81. The van der Waals surface area contributed by atoms with Gasteiger partial charge in [-0.05, 0) is 60.9 Å². The van der Waals surface area contributed by atoms with Crippen LogP contribution in [-0.4, -0.2) is 18.0 Å². The first kappa shape index (κ1) is 16.8. The molecule has 0 spiro atoms. The van der Waals surface area contributed by atoms with Gasteiger partial charge in [0.15, 0.2) is 0 Å². The number of hydrogen-bond acceptors (Lipinski definition) is 3. The van der Waals surface area contributed by atoms with Crippen molar-refractivity contribution in [2.75, 3.05) is 0 Å². The Morgan fingerprint density at radius 2 is 2.05 bits per heavy atom. The van der Waals surface area contributed by atoms with Crippen LogP contribution in [0, 0.1) is 11.8 Å². The first-order chi connectivity index (χ1) is 9.69. The summed E-state index contributed by atoms with van der Waals surface area (Å²) in [5.74, 6) is 1.31. The number of thiophene rings is 1. The number of aryl methyl sites for hydroxylation is 1. The van der Waals surface area contributed by atoms with E-state index >= 15 is 0 Å². The normalized spacial score (nSPS) is 31.3. The van der Waals surface area contributed by atoms with Gasteiger partial charge in [0.1, 0.15) is 0 Å². The molecule has 118 valence electrons. The lowest BCUT2D eigenvalue weighted by molar-refractivity contribution is 0.0759. The van der Waals surface area contributed by atoms with E-state index in [4.69, 9.17) is 5.73 Å². The third-order valence-electron chi connectivity index (χ3n) is 5.01. The van der Waals surface area contributed by atoms with Gasteiger partial charge in [-0.15, -0.1) is 23.7 Å². The van der Waals surface area contributed by atoms with Gasteiger partial charge in [0.05, 0.1) is 4.88 Å². The molecule has 2 aliphatic carbocycles. The van der Waals surface area contributed by atoms with Crippen LogP contribution in [0.5, 0.6) is 0 Å². The predicted molar refractivity (Wildman–Crippen MR) is 90.2 cm³/mol. The average molecular weight is 329 g/mol. The maximum atomic E-state index is 12.5. The monoisotopic (exact) mass is 328 g/mol. The molecule has 2 unspecified atom stereocenters. The molecule has 2 aliphatic rings. The van der Waals surface area contributed by atoms with Crippen LogP contribution in [0.15, 0.2) is 11.4 Å². The molecule has 1 aromatic heterocycles.